The van der Waals surface area contributed by atoms with Crippen molar-refractivity contribution in [1.82, 2.24) is 10.6 Å². The average molecular weight is 342 g/mol. The highest BCUT2D eigenvalue weighted by Crippen LogP contribution is 2.34. The van der Waals surface area contributed by atoms with Crippen LogP contribution in [0.5, 0.6) is 0 Å². The van der Waals surface area contributed by atoms with Gasteiger partial charge in [-0.3, -0.25) is 0 Å². The van der Waals surface area contributed by atoms with Crippen LogP contribution in [0.15, 0.2) is 23.2 Å². The van der Waals surface area contributed by atoms with Gasteiger partial charge >= 0.3 is 0 Å². The first kappa shape index (κ1) is 15.9. The minimum Gasteiger partial charge on any atom is -0.373 e. The number of rotatable bonds is 4. The van der Waals surface area contributed by atoms with E-state index in [-0.39, 0.29) is 0 Å². The average Bonchev–Trinajstić information content (AvgIpc) is 3.09. The number of hydrogen-bond acceptors (Lipinski definition) is 2. The molecule has 3 unspecified atom stereocenters. The van der Waals surface area contributed by atoms with Crippen LogP contribution in [0.1, 0.15) is 31.7 Å². The summed E-state index contributed by atoms with van der Waals surface area (Å²) in [5.41, 5.74) is 0.965. The summed E-state index contributed by atoms with van der Waals surface area (Å²) in [4.78, 5) is 4.63. The van der Waals surface area contributed by atoms with Crippen molar-refractivity contribution in [2.45, 2.75) is 51.0 Å². The Kier molecular flexibility index (Phi) is 5.11. The lowest BCUT2D eigenvalue weighted by molar-refractivity contribution is 0.0992. The molecule has 1 aromatic rings. The summed E-state index contributed by atoms with van der Waals surface area (Å²) in [6.45, 7) is 3.40. The molecule has 0 aromatic heterocycles. The first-order chi connectivity index (χ1) is 10.7. The second-order valence-electron chi connectivity index (χ2n) is 5.79. The number of halogens is 2. The van der Waals surface area contributed by atoms with Crippen LogP contribution in [0.3, 0.4) is 0 Å². The molecule has 2 aliphatic rings. The smallest absolute Gasteiger partial charge is 0.191 e. The quantitative estimate of drug-likeness (QED) is 0.651. The van der Waals surface area contributed by atoms with Crippen LogP contribution in [0, 0.1) is 0 Å². The van der Waals surface area contributed by atoms with Crippen molar-refractivity contribution < 1.29 is 4.74 Å². The van der Waals surface area contributed by atoms with E-state index in [1.165, 1.54) is 6.42 Å². The Hall–Kier alpha value is -0.970. The lowest BCUT2D eigenvalue weighted by Crippen LogP contribution is -2.47. The molecule has 0 saturated carbocycles. The van der Waals surface area contributed by atoms with E-state index >= 15 is 0 Å². The second kappa shape index (κ2) is 7.07. The summed E-state index contributed by atoms with van der Waals surface area (Å²) >= 11 is 12.1. The molecule has 2 aliphatic heterocycles. The second-order valence-corrected chi connectivity index (χ2v) is 6.63. The van der Waals surface area contributed by atoms with Crippen molar-refractivity contribution >= 4 is 29.2 Å². The van der Waals surface area contributed by atoms with Gasteiger partial charge in [0.2, 0.25) is 0 Å². The maximum atomic E-state index is 6.20. The molecule has 22 heavy (non-hydrogen) atoms. The molecule has 0 aliphatic carbocycles. The number of hydrogen-bond donors (Lipinski definition) is 2. The molecule has 2 bridgehead atoms. The number of guanidine groups is 1. The summed E-state index contributed by atoms with van der Waals surface area (Å²) in [6.07, 6.45) is 4.15. The van der Waals surface area contributed by atoms with Crippen LogP contribution in [-0.4, -0.2) is 30.8 Å². The van der Waals surface area contributed by atoms with Crippen LogP contribution < -0.4 is 10.6 Å². The molecule has 2 saturated heterocycles. The summed E-state index contributed by atoms with van der Waals surface area (Å²) < 4.78 is 5.88. The monoisotopic (exact) mass is 341 g/mol. The van der Waals surface area contributed by atoms with Gasteiger partial charge in [0.1, 0.15) is 0 Å². The third-order valence-corrected chi connectivity index (χ3v) is 4.78. The van der Waals surface area contributed by atoms with Gasteiger partial charge in [0.15, 0.2) is 5.96 Å². The standard InChI is InChI=1S/C16H21Cl2N3O/c1-2-19-16(21-14-8-12-5-6-15(14)22-12)20-9-10-3-4-11(17)7-13(10)18/h3-4,7,12,14-15H,2,5-6,8-9H2,1H3,(H2,19,20,21). The zero-order valence-electron chi connectivity index (χ0n) is 12.6. The predicted octanol–water partition coefficient (Wildman–Crippen LogP) is 3.37. The Balaban J connectivity index is 1.65. The zero-order valence-corrected chi connectivity index (χ0v) is 14.1. The van der Waals surface area contributed by atoms with Crippen molar-refractivity contribution in [2.75, 3.05) is 6.54 Å². The van der Waals surface area contributed by atoms with Gasteiger partial charge in [-0.05, 0) is 43.9 Å². The molecule has 3 atom stereocenters. The summed E-state index contributed by atoms with van der Waals surface area (Å²) in [7, 11) is 0. The summed E-state index contributed by atoms with van der Waals surface area (Å²) in [5, 5.41) is 8.07. The number of ether oxygens (including phenoxy) is 1. The van der Waals surface area contributed by atoms with Gasteiger partial charge in [0, 0.05) is 16.6 Å². The van der Waals surface area contributed by atoms with E-state index in [1.807, 2.05) is 12.1 Å². The lowest BCUT2D eigenvalue weighted by atomic mass is 9.96. The Bertz CT molecular complexity index is 564. The highest BCUT2D eigenvalue weighted by Gasteiger charge is 2.41. The van der Waals surface area contributed by atoms with Gasteiger partial charge in [-0.1, -0.05) is 29.3 Å². The van der Waals surface area contributed by atoms with Crippen molar-refractivity contribution in [1.29, 1.82) is 0 Å². The zero-order chi connectivity index (χ0) is 15.5. The third kappa shape index (κ3) is 3.67. The maximum Gasteiger partial charge on any atom is 0.191 e. The topological polar surface area (TPSA) is 45.7 Å². The normalized spacial score (nSPS) is 27.2. The number of nitrogens with one attached hydrogen (secondary N) is 2. The molecule has 4 nitrogen and oxygen atoms in total. The maximum absolute atomic E-state index is 6.20. The van der Waals surface area contributed by atoms with Crippen LogP contribution >= 0.6 is 23.2 Å². The number of nitrogens with zero attached hydrogens (tertiary/aromatic N) is 1. The van der Waals surface area contributed by atoms with Crippen molar-refractivity contribution in [3.63, 3.8) is 0 Å². The van der Waals surface area contributed by atoms with Crippen LogP contribution in [0.25, 0.3) is 0 Å². The molecular weight excluding hydrogens is 321 g/mol. The molecule has 0 radical (unpaired) electrons. The van der Waals surface area contributed by atoms with Crippen LogP contribution in [-0.2, 0) is 11.3 Å². The van der Waals surface area contributed by atoms with E-state index in [0.717, 1.165) is 30.9 Å². The molecule has 0 spiro atoms. The Morgan fingerprint density at radius 2 is 2.23 bits per heavy atom. The van der Waals surface area contributed by atoms with Crippen molar-refractivity contribution in [2.24, 2.45) is 4.99 Å². The molecule has 2 fully saturated rings. The highest BCUT2D eigenvalue weighted by atomic mass is 35.5. The van der Waals surface area contributed by atoms with Crippen molar-refractivity contribution in [3.05, 3.63) is 33.8 Å². The van der Waals surface area contributed by atoms with Gasteiger partial charge < -0.3 is 15.4 Å². The lowest BCUT2D eigenvalue weighted by Gasteiger charge is -2.22. The van der Waals surface area contributed by atoms with E-state index in [1.54, 1.807) is 6.07 Å². The minimum atomic E-state index is 0.327. The fraction of sp³-hybridized carbons (Fsp3) is 0.562. The van der Waals surface area contributed by atoms with Gasteiger partial charge in [-0.25, -0.2) is 4.99 Å². The number of benzene rings is 1. The SMILES string of the molecule is CCNC(=NCc1ccc(Cl)cc1Cl)NC1CC2CCC1O2. The molecule has 3 rings (SSSR count). The van der Waals surface area contributed by atoms with E-state index in [4.69, 9.17) is 27.9 Å². The molecule has 2 heterocycles. The molecular formula is C16H21Cl2N3O. The Morgan fingerprint density at radius 1 is 1.36 bits per heavy atom. The molecule has 1 aromatic carbocycles. The van der Waals surface area contributed by atoms with Gasteiger partial charge in [0.25, 0.3) is 0 Å². The van der Waals surface area contributed by atoms with Gasteiger partial charge in [0.05, 0.1) is 24.8 Å². The Morgan fingerprint density at radius 3 is 2.86 bits per heavy atom. The highest BCUT2D eigenvalue weighted by molar-refractivity contribution is 6.35. The van der Waals surface area contributed by atoms with E-state index in [0.29, 0.717) is 34.8 Å². The van der Waals surface area contributed by atoms with Crippen LogP contribution in [0.2, 0.25) is 10.0 Å². The van der Waals surface area contributed by atoms with Gasteiger partial charge in [-0.15, -0.1) is 0 Å². The molecule has 2 N–H and O–H groups in total. The third-order valence-electron chi connectivity index (χ3n) is 4.19. The largest absolute Gasteiger partial charge is 0.373 e. The van der Waals surface area contributed by atoms with Crippen LogP contribution in [0.4, 0.5) is 0 Å². The van der Waals surface area contributed by atoms with E-state index < -0.39 is 0 Å². The first-order valence-corrected chi connectivity index (χ1v) is 8.55. The molecule has 0 amide bonds. The Labute approximate surface area is 141 Å². The first-order valence-electron chi connectivity index (χ1n) is 7.80. The van der Waals surface area contributed by atoms with E-state index in [2.05, 4.69) is 22.5 Å². The summed E-state index contributed by atoms with van der Waals surface area (Å²) in [6, 6.07) is 5.86. The van der Waals surface area contributed by atoms with E-state index in [9.17, 15) is 0 Å². The summed E-state index contributed by atoms with van der Waals surface area (Å²) in [5.74, 6) is 0.815. The molecule has 6 heteroatoms. The van der Waals surface area contributed by atoms with Gasteiger partial charge in [-0.2, -0.15) is 0 Å². The van der Waals surface area contributed by atoms with Crippen molar-refractivity contribution in [3.8, 4) is 0 Å². The fourth-order valence-corrected chi connectivity index (χ4v) is 3.57. The fourth-order valence-electron chi connectivity index (χ4n) is 3.10. The number of fused-ring (bicyclic) bond motifs is 2. The predicted molar refractivity (Wildman–Crippen MR) is 90.7 cm³/mol. The number of aliphatic imine (C=N–C) groups is 1. The molecule has 120 valence electrons. The minimum absolute atomic E-state index is 0.327.